The van der Waals surface area contributed by atoms with Crippen molar-refractivity contribution >= 4 is 23.8 Å². The molecule has 1 aromatic heterocycles. The number of nitrogens with one attached hydrogen (secondary N) is 2. The Labute approximate surface area is 296 Å². The number of rotatable bonds is 12. The van der Waals surface area contributed by atoms with Crippen molar-refractivity contribution in [2.24, 2.45) is 0 Å². The van der Waals surface area contributed by atoms with Crippen molar-refractivity contribution in [1.29, 1.82) is 0 Å². The van der Waals surface area contributed by atoms with Gasteiger partial charge in [0.2, 0.25) is 5.91 Å². The van der Waals surface area contributed by atoms with E-state index in [0.717, 1.165) is 22.3 Å². The van der Waals surface area contributed by atoms with E-state index in [1.807, 2.05) is 115 Å². The van der Waals surface area contributed by atoms with E-state index in [9.17, 15) is 19.5 Å². The summed E-state index contributed by atoms with van der Waals surface area (Å²) < 4.78 is 12.8. The number of carboxylic acid groups (broad SMARTS) is 1. The number of methoxy groups -OCH3 is 1. The van der Waals surface area contributed by atoms with Gasteiger partial charge in [-0.25, -0.2) is 14.3 Å². The van der Waals surface area contributed by atoms with Gasteiger partial charge >= 0.3 is 12.2 Å². The number of hydrogen-bond acceptors (Lipinski definition) is 7. The molecule has 2 heterocycles. The summed E-state index contributed by atoms with van der Waals surface area (Å²) >= 11 is 0. The number of aryl methyl sites for hydroxylation is 1. The van der Waals surface area contributed by atoms with Crippen LogP contribution < -0.4 is 10.6 Å². The molecule has 1 saturated heterocycles. The second-order valence-electron chi connectivity index (χ2n) is 12.3. The fraction of sp³-hybridized carbons (Fsp3) is 0.256. The number of alkyl carbamates (subject to hydrolysis) is 1. The Bertz CT molecular complexity index is 1870. The van der Waals surface area contributed by atoms with Crippen LogP contribution in [0.3, 0.4) is 0 Å². The quantitative estimate of drug-likeness (QED) is 0.149. The number of nitrogens with zero attached hydrogens (tertiary/aromatic N) is 4. The van der Waals surface area contributed by atoms with E-state index in [1.165, 1.54) is 12.0 Å². The van der Waals surface area contributed by atoms with Gasteiger partial charge < -0.3 is 25.2 Å². The second kappa shape index (κ2) is 16.6. The van der Waals surface area contributed by atoms with Crippen molar-refractivity contribution in [1.82, 2.24) is 25.2 Å². The zero-order valence-electron chi connectivity index (χ0n) is 28.2. The Balaban J connectivity index is 1.13. The molecule has 1 aliphatic heterocycles. The standard InChI is InChI=1S/C39H40N6O6/c1-50-38(47)41-36(35(29-16-7-3-8-17-29)30-18-9-4-10-19-30)37(46)40-33-20-12-11-15-28(33)21-22-32-24-45(39(48)49)31(26-51-32)23-44-25-34(42-43-44)27-13-5-2-6-14-27/h2-20,25,31-32,35-36H,21-24,26H2,1H3,(H,40,46)(H,41,47)(H,48,49)/t31-,32-,36+/m1/s1. The summed E-state index contributed by atoms with van der Waals surface area (Å²) in [6.07, 6.45) is 0.728. The van der Waals surface area contributed by atoms with Crippen LogP contribution in [0, 0.1) is 0 Å². The molecule has 5 aromatic rings. The summed E-state index contributed by atoms with van der Waals surface area (Å²) in [6.45, 7) is 0.703. The average Bonchev–Trinajstić information content (AvgIpc) is 3.64. The molecule has 0 saturated carbocycles. The number of anilines is 1. The number of carbonyl (C=O) groups is 3. The Morgan fingerprint density at radius 1 is 0.902 bits per heavy atom. The summed E-state index contributed by atoms with van der Waals surface area (Å²) in [4.78, 5) is 40.4. The Morgan fingerprint density at radius 2 is 1.53 bits per heavy atom. The molecule has 3 N–H and O–H groups in total. The van der Waals surface area contributed by atoms with Crippen molar-refractivity contribution in [2.75, 3.05) is 25.6 Å². The van der Waals surface area contributed by atoms with Crippen LogP contribution in [0.1, 0.15) is 29.0 Å². The van der Waals surface area contributed by atoms with Crippen LogP contribution in [0.5, 0.6) is 0 Å². The van der Waals surface area contributed by atoms with Gasteiger partial charge in [0.1, 0.15) is 11.7 Å². The highest BCUT2D eigenvalue weighted by molar-refractivity contribution is 5.98. The van der Waals surface area contributed by atoms with E-state index in [-0.39, 0.29) is 19.3 Å². The number of aromatic nitrogens is 3. The normalized spacial score (nSPS) is 16.3. The van der Waals surface area contributed by atoms with Gasteiger partial charge in [0, 0.05) is 17.2 Å². The predicted molar refractivity (Wildman–Crippen MR) is 191 cm³/mol. The molecule has 0 bridgehead atoms. The van der Waals surface area contributed by atoms with Crippen LogP contribution in [-0.2, 0) is 27.2 Å². The summed E-state index contributed by atoms with van der Waals surface area (Å²) in [5, 5.41) is 24.4. The van der Waals surface area contributed by atoms with Gasteiger partial charge in [0.15, 0.2) is 0 Å². The van der Waals surface area contributed by atoms with Crippen molar-refractivity contribution < 1.29 is 29.0 Å². The highest BCUT2D eigenvalue weighted by Crippen LogP contribution is 2.30. The molecule has 0 spiro atoms. The van der Waals surface area contributed by atoms with Gasteiger partial charge in [-0.2, -0.15) is 0 Å². The molecule has 12 heteroatoms. The third-order valence-corrected chi connectivity index (χ3v) is 9.02. The molecule has 3 atom stereocenters. The summed E-state index contributed by atoms with van der Waals surface area (Å²) in [5.41, 5.74) is 4.78. The van der Waals surface area contributed by atoms with Crippen molar-refractivity contribution in [2.45, 2.75) is 43.5 Å². The maximum absolute atomic E-state index is 14.1. The van der Waals surface area contributed by atoms with Gasteiger partial charge in [-0.3, -0.25) is 9.69 Å². The van der Waals surface area contributed by atoms with E-state index >= 15 is 0 Å². The van der Waals surface area contributed by atoms with Gasteiger partial charge in [-0.1, -0.05) is 114 Å². The van der Waals surface area contributed by atoms with Crippen molar-refractivity contribution in [3.8, 4) is 11.3 Å². The first-order chi connectivity index (χ1) is 24.9. The first kappa shape index (κ1) is 34.8. The van der Waals surface area contributed by atoms with Gasteiger partial charge in [-0.05, 0) is 35.6 Å². The summed E-state index contributed by atoms with van der Waals surface area (Å²) in [6, 6.07) is 34.7. The SMILES string of the molecule is COC(=O)N[C@H](C(=O)Nc1ccccc1CC[C@@H]1CN(C(=O)O)[C@H](Cn2cc(-c3ccccc3)nn2)CO1)C(c1ccccc1)c1ccccc1. The molecular weight excluding hydrogens is 648 g/mol. The smallest absolute Gasteiger partial charge is 0.407 e. The minimum atomic E-state index is -1.03. The molecule has 3 amide bonds. The lowest BCUT2D eigenvalue weighted by Gasteiger charge is -2.38. The maximum atomic E-state index is 14.1. The Hall–Kier alpha value is -6.01. The van der Waals surface area contributed by atoms with E-state index in [4.69, 9.17) is 9.47 Å². The molecule has 0 unspecified atom stereocenters. The Morgan fingerprint density at radius 3 is 2.18 bits per heavy atom. The highest BCUT2D eigenvalue weighted by atomic mass is 16.5. The van der Waals surface area contributed by atoms with Crippen LogP contribution in [0.25, 0.3) is 11.3 Å². The molecule has 1 fully saturated rings. The summed E-state index contributed by atoms with van der Waals surface area (Å²) in [5.74, 6) is -0.922. The maximum Gasteiger partial charge on any atom is 0.407 e. The monoisotopic (exact) mass is 688 g/mol. The zero-order chi connectivity index (χ0) is 35.6. The number of amides is 3. The van der Waals surface area contributed by atoms with E-state index in [0.29, 0.717) is 30.8 Å². The third-order valence-electron chi connectivity index (χ3n) is 9.02. The molecule has 1 aliphatic rings. The molecule has 0 aliphatic carbocycles. The largest absolute Gasteiger partial charge is 0.465 e. The van der Waals surface area contributed by atoms with Crippen LogP contribution in [0.2, 0.25) is 0 Å². The first-order valence-electron chi connectivity index (χ1n) is 16.8. The Kier molecular flexibility index (Phi) is 11.3. The zero-order valence-corrected chi connectivity index (χ0v) is 28.2. The summed E-state index contributed by atoms with van der Waals surface area (Å²) in [7, 11) is 1.26. The van der Waals surface area contributed by atoms with Gasteiger partial charge in [-0.15, -0.1) is 5.10 Å². The first-order valence-corrected chi connectivity index (χ1v) is 16.8. The molecule has 6 rings (SSSR count). The van der Waals surface area contributed by atoms with Crippen molar-refractivity contribution in [3.05, 3.63) is 138 Å². The number of hydrogen-bond donors (Lipinski definition) is 3. The second-order valence-corrected chi connectivity index (χ2v) is 12.3. The van der Waals surface area contributed by atoms with Crippen LogP contribution in [-0.4, -0.2) is 81.5 Å². The van der Waals surface area contributed by atoms with E-state index in [1.54, 1.807) is 10.9 Å². The minimum absolute atomic E-state index is 0.190. The van der Waals surface area contributed by atoms with Crippen LogP contribution in [0.15, 0.2) is 121 Å². The lowest BCUT2D eigenvalue weighted by Crippen LogP contribution is -2.53. The molecular formula is C39H40N6O6. The fourth-order valence-corrected chi connectivity index (χ4v) is 6.43. The third kappa shape index (κ3) is 8.78. The van der Waals surface area contributed by atoms with Crippen molar-refractivity contribution in [3.63, 3.8) is 0 Å². The number of morpholine rings is 1. The molecule has 262 valence electrons. The number of ether oxygens (including phenoxy) is 2. The van der Waals surface area contributed by atoms with E-state index in [2.05, 4.69) is 20.9 Å². The van der Waals surface area contributed by atoms with Gasteiger partial charge in [0.05, 0.1) is 45.1 Å². The topological polar surface area (TPSA) is 148 Å². The number of carbonyl (C=O) groups excluding carboxylic acids is 2. The molecule has 51 heavy (non-hydrogen) atoms. The lowest BCUT2D eigenvalue weighted by atomic mass is 9.84. The van der Waals surface area contributed by atoms with E-state index < -0.39 is 36.1 Å². The molecule has 12 nitrogen and oxygen atoms in total. The molecule has 0 radical (unpaired) electrons. The lowest BCUT2D eigenvalue weighted by molar-refractivity contribution is -0.118. The van der Waals surface area contributed by atoms with Gasteiger partial charge in [0.25, 0.3) is 0 Å². The fourth-order valence-electron chi connectivity index (χ4n) is 6.43. The van der Waals surface area contributed by atoms with Crippen LogP contribution >= 0.6 is 0 Å². The average molecular weight is 689 g/mol. The highest BCUT2D eigenvalue weighted by Gasteiger charge is 2.35. The van der Waals surface area contributed by atoms with Crippen LogP contribution in [0.4, 0.5) is 15.3 Å². The predicted octanol–water partition coefficient (Wildman–Crippen LogP) is 5.82. The number of benzene rings is 4. The number of para-hydroxylation sites is 1. The minimum Gasteiger partial charge on any atom is -0.465 e. The molecule has 4 aromatic carbocycles.